The topological polar surface area (TPSA) is 270 Å². The summed E-state index contributed by atoms with van der Waals surface area (Å²) in [6.07, 6.45) is 29.9. The van der Waals surface area contributed by atoms with Gasteiger partial charge in [-0.2, -0.15) is 0 Å². The summed E-state index contributed by atoms with van der Waals surface area (Å²) in [6.45, 7) is 14.2. The third kappa shape index (κ3) is 59.9. The van der Waals surface area contributed by atoms with Crippen LogP contribution in [0, 0.1) is 0 Å². The molecule has 538 valence electrons. The van der Waals surface area contributed by atoms with Gasteiger partial charge in [0.25, 0.3) is 0 Å². The Bertz CT molecular complexity index is 1560. The van der Waals surface area contributed by atoms with Crippen molar-refractivity contribution in [3.05, 3.63) is 48.6 Å². The number of esters is 4. The molecular formula is C69H127N3O20. The molecular weight excluding hydrogens is 1190 g/mol. The van der Waals surface area contributed by atoms with Gasteiger partial charge in [-0.05, 0) is 135 Å². The van der Waals surface area contributed by atoms with Crippen LogP contribution in [0.15, 0.2) is 48.6 Å². The van der Waals surface area contributed by atoms with Gasteiger partial charge in [0.05, 0.1) is 52.9 Å². The Morgan fingerprint density at radius 2 is 0.500 bits per heavy atom. The van der Waals surface area contributed by atoms with Gasteiger partial charge in [-0.1, -0.05) is 102 Å². The highest BCUT2D eigenvalue weighted by Gasteiger charge is 2.28. The minimum Gasteiger partial charge on any atom is -0.464 e. The summed E-state index contributed by atoms with van der Waals surface area (Å²) in [5.41, 5.74) is 0. The third-order valence-electron chi connectivity index (χ3n) is 14.1. The lowest BCUT2D eigenvalue weighted by atomic mass is 10.2. The van der Waals surface area contributed by atoms with Gasteiger partial charge in [0, 0.05) is 78.8 Å². The number of nitrogens with zero attached hydrogens (tertiary/aromatic N) is 3. The molecule has 0 aliphatic heterocycles. The number of unbranched alkanes of at least 4 members (excludes halogenated alkanes) is 12. The maximum Gasteiger partial charge on any atom is 0.336 e. The van der Waals surface area contributed by atoms with E-state index >= 15 is 0 Å². The maximum atomic E-state index is 13.1. The van der Waals surface area contributed by atoms with Crippen LogP contribution in [0.2, 0.25) is 0 Å². The lowest BCUT2D eigenvalue weighted by Crippen LogP contribution is -2.48. The number of hydrogen-bond acceptors (Lipinski definition) is 23. The SMILES string of the molecule is CC/C=C\CCOCOCCCCCCOC(=O)C(O)CN(CCN(C)CCN(CC(O)C(=O)OCCCCCCOCOCC/C=C\CC)CC(O)C(=O)OCCCCCCOCOCC/C=C\CC)CC(O)C(=O)OCCCCCCOCOCC/C=C\CC. The first-order valence-electron chi connectivity index (χ1n) is 34.6. The van der Waals surface area contributed by atoms with Crippen molar-refractivity contribution in [1.82, 2.24) is 14.7 Å². The van der Waals surface area contributed by atoms with Gasteiger partial charge in [-0.3, -0.25) is 9.80 Å². The average Bonchev–Trinajstić information content (AvgIpc) is 1.71. The lowest BCUT2D eigenvalue weighted by Gasteiger charge is -2.30. The van der Waals surface area contributed by atoms with Gasteiger partial charge >= 0.3 is 23.9 Å². The van der Waals surface area contributed by atoms with Crippen LogP contribution in [0.25, 0.3) is 0 Å². The molecule has 4 atom stereocenters. The summed E-state index contributed by atoms with van der Waals surface area (Å²) >= 11 is 0. The molecule has 0 aliphatic rings. The molecule has 0 aromatic carbocycles. The van der Waals surface area contributed by atoms with E-state index in [-0.39, 0.29) is 92.9 Å². The second-order valence-electron chi connectivity index (χ2n) is 22.6. The van der Waals surface area contributed by atoms with Crippen molar-refractivity contribution in [2.45, 2.75) is 206 Å². The standard InChI is InChI=1S/C69H127N3O20/c1-6-10-14-26-42-81-58-85-46-30-18-22-34-50-89-66(77)62(73)54-71(55-63(74)67(78)90-51-35-23-19-31-47-86-59-82-43-27-15-11-7-2)40-38-70(5)39-41-72(56-64(75)68(79)91-52-36-24-20-32-48-87-60-83-44-28-16-12-8-3)57-65(76)69(80)92-53-37-25-21-33-49-88-61-84-45-29-17-13-9-4/h10-17,62-65,73-76H,6-9,18-61H2,1-5H3/b14-10-,15-11-,16-12-,17-13-. The van der Waals surface area contributed by atoms with Gasteiger partial charge < -0.3 is 82.2 Å². The molecule has 0 saturated carbocycles. The van der Waals surface area contributed by atoms with Crippen molar-refractivity contribution in [2.24, 2.45) is 0 Å². The van der Waals surface area contributed by atoms with Gasteiger partial charge in [-0.25, -0.2) is 19.2 Å². The fraction of sp³-hybridized carbons (Fsp3) is 0.826. The zero-order chi connectivity index (χ0) is 67.4. The average molecular weight is 1320 g/mol. The number of carbonyl (C=O) groups is 4. The smallest absolute Gasteiger partial charge is 0.336 e. The Labute approximate surface area is 553 Å². The highest BCUT2D eigenvalue weighted by molar-refractivity contribution is 5.76. The fourth-order valence-corrected chi connectivity index (χ4v) is 8.69. The van der Waals surface area contributed by atoms with Crippen LogP contribution in [0.4, 0.5) is 0 Å². The first kappa shape index (κ1) is 88.2. The Morgan fingerprint density at radius 1 is 0.293 bits per heavy atom. The summed E-state index contributed by atoms with van der Waals surface area (Å²) in [6, 6.07) is 0. The molecule has 23 nitrogen and oxygen atoms in total. The number of allylic oxidation sites excluding steroid dienone is 4. The van der Waals surface area contributed by atoms with E-state index < -0.39 is 48.3 Å². The van der Waals surface area contributed by atoms with Crippen molar-refractivity contribution in [3.8, 4) is 0 Å². The molecule has 0 aliphatic carbocycles. The Balaban J connectivity index is 5.59. The van der Waals surface area contributed by atoms with Crippen LogP contribution in [-0.2, 0) is 76.0 Å². The highest BCUT2D eigenvalue weighted by atomic mass is 16.7. The number of aliphatic hydroxyl groups is 4. The van der Waals surface area contributed by atoms with Crippen LogP contribution in [0.3, 0.4) is 0 Å². The largest absolute Gasteiger partial charge is 0.464 e. The lowest BCUT2D eigenvalue weighted by molar-refractivity contribution is -0.158. The van der Waals surface area contributed by atoms with Crippen molar-refractivity contribution in [2.75, 3.05) is 166 Å². The van der Waals surface area contributed by atoms with Crippen molar-refractivity contribution < 1.29 is 96.4 Å². The van der Waals surface area contributed by atoms with E-state index in [0.717, 1.165) is 128 Å². The number of likely N-dealkylation sites (N-methyl/N-ethyl adjacent to an activating group) is 1. The van der Waals surface area contributed by atoms with E-state index in [9.17, 15) is 39.6 Å². The van der Waals surface area contributed by atoms with Crippen molar-refractivity contribution in [3.63, 3.8) is 0 Å². The Kier molecular flexibility index (Phi) is 65.8. The molecule has 0 heterocycles. The molecule has 4 unspecified atom stereocenters. The fourth-order valence-electron chi connectivity index (χ4n) is 8.69. The normalized spacial score (nSPS) is 13.4. The number of rotatable bonds is 70. The second-order valence-corrected chi connectivity index (χ2v) is 22.6. The maximum absolute atomic E-state index is 13.1. The first-order chi connectivity index (χ1) is 44.9. The monoisotopic (exact) mass is 1320 g/mol. The van der Waals surface area contributed by atoms with Crippen molar-refractivity contribution in [1.29, 1.82) is 0 Å². The predicted octanol–water partition coefficient (Wildman–Crippen LogP) is 8.77. The predicted molar refractivity (Wildman–Crippen MR) is 355 cm³/mol. The number of aliphatic hydroxyl groups excluding tert-OH is 4. The van der Waals surface area contributed by atoms with Crippen LogP contribution in [0.1, 0.15) is 182 Å². The van der Waals surface area contributed by atoms with E-state index in [1.807, 2.05) is 4.90 Å². The molecule has 23 heteroatoms. The minimum atomic E-state index is -1.59. The number of hydrogen-bond donors (Lipinski definition) is 4. The third-order valence-corrected chi connectivity index (χ3v) is 14.1. The molecule has 92 heavy (non-hydrogen) atoms. The molecule has 0 amide bonds. The quantitative estimate of drug-likeness (QED) is 0.0146. The Hall–Kier alpha value is -3.76. The summed E-state index contributed by atoms with van der Waals surface area (Å²) in [7, 11) is 1.79. The number of ether oxygens (including phenoxy) is 12. The van der Waals surface area contributed by atoms with E-state index in [1.165, 1.54) is 0 Å². The molecule has 0 spiro atoms. The zero-order valence-corrected chi connectivity index (χ0v) is 57.5. The molecule has 0 aromatic heterocycles. The summed E-state index contributed by atoms with van der Waals surface area (Å²) < 4.78 is 65.8. The van der Waals surface area contributed by atoms with Crippen LogP contribution >= 0.6 is 0 Å². The molecule has 0 radical (unpaired) electrons. The number of carbonyl (C=O) groups excluding carboxylic acids is 4. The zero-order valence-electron chi connectivity index (χ0n) is 57.5. The second kappa shape index (κ2) is 68.6. The van der Waals surface area contributed by atoms with E-state index in [2.05, 4.69) is 76.3 Å². The summed E-state index contributed by atoms with van der Waals surface area (Å²) in [5, 5.41) is 44.3. The van der Waals surface area contributed by atoms with Crippen LogP contribution in [-0.4, -0.2) is 249 Å². The van der Waals surface area contributed by atoms with Crippen LogP contribution in [0.5, 0.6) is 0 Å². The minimum absolute atomic E-state index is 0.104. The molecule has 0 rings (SSSR count). The summed E-state index contributed by atoms with van der Waals surface area (Å²) in [5.74, 6) is -3.33. The molecule has 0 bridgehead atoms. The molecule has 0 aromatic rings. The summed E-state index contributed by atoms with van der Waals surface area (Å²) in [4.78, 5) is 57.3. The van der Waals surface area contributed by atoms with E-state index in [4.69, 9.17) is 56.8 Å². The van der Waals surface area contributed by atoms with Gasteiger partial charge in [0.1, 0.15) is 27.2 Å². The van der Waals surface area contributed by atoms with E-state index in [0.29, 0.717) is 91.6 Å². The molecule has 4 N–H and O–H groups in total. The van der Waals surface area contributed by atoms with Crippen LogP contribution < -0.4 is 0 Å². The van der Waals surface area contributed by atoms with Gasteiger partial charge in [-0.15, -0.1) is 0 Å². The van der Waals surface area contributed by atoms with Gasteiger partial charge in [0.2, 0.25) is 0 Å². The van der Waals surface area contributed by atoms with Crippen molar-refractivity contribution >= 4 is 23.9 Å². The van der Waals surface area contributed by atoms with E-state index in [1.54, 1.807) is 16.8 Å². The highest BCUT2D eigenvalue weighted by Crippen LogP contribution is 2.10. The Morgan fingerprint density at radius 3 is 0.717 bits per heavy atom. The van der Waals surface area contributed by atoms with Gasteiger partial charge in [0.15, 0.2) is 24.4 Å². The molecule has 0 fully saturated rings. The first-order valence-corrected chi connectivity index (χ1v) is 34.6. The molecule has 0 saturated heterocycles.